The highest BCUT2D eigenvalue weighted by Crippen LogP contribution is 2.25. The van der Waals surface area contributed by atoms with Crippen molar-refractivity contribution in [1.82, 2.24) is 10.3 Å². The summed E-state index contributed by atoms with van der Waals surface area (Å²) in [6.45, 7) is 0.492. The fourth-order valence-electron chi connectivity index (χ4n) is 1.10. The zero-order valence-corrected chi connectivity index (χ0v) is 9.71. The van der Waals surface area contributed by atoms with Gasteiger partial charge < -0.3 is 15.2 Å². The highest BCUT2D eigenvalue weighted by molar-refractivity contribution is 9.10. The second-order valence-electron chi connectivity index (χ2n) is 2.82. The second-order valence-corrected chi connectivity index (χ2v) is 3.68. The molecular formula is C9H13BrN2O2. The lowest BCUT2D eigenvalue weighted by atomic mass is 10.1. The summed E-state index contributed by atoms with van der Waals surface area (Å²) < 4.78 is 5.75. The van der Waals surface area contributed by atoms with E-state index in [1.54, 1.807) is 26.4 Å². The molecule has 0 saturated heterocycles. The van der Waals surface area contributed by atoms with Gasteiger partial charge in [-0.05, 0) is 23.0 Å². The molecule has 2 N–H and O–H groups in total. The van der Waals surface area contributed by atoms with E-state index in [4.69, 9.17) is 4.74 Å². The number of hydrogen-bond donors (Lipinski definition) is 2. The number of aliphatic hydroxyl groups is 1. The third kappa shape index (κ3) is 2.67. The number of aromatic nitrogens is 1. The van der Waals surface area contributed by atoms with Gasteiger partial charge in [-0.1, -0.05) is 0 Å². The Kier molecular flexibility index (Phi) is 4.31. The molecule has 0 spiro atoms. The molecule has 1 rings (SSSR count). The van der Waals surface area contributed by atoms with Gasteiger partial charge in [-0.15, -0.1) is 0 Å². The minimum atomic E-state index is -0.564. The zero-order chi connectivity index (χ0) is 10.6. The number of methoxy groups -OCH3 is 1. The average Bonchev–Trinajstić information content (AvgIpc) is 2.19. The van der Waals surface area contributed by atoms with Crippen LogP contribution in [0.2, 0.25) is 0 Å². The molecule has 0 radical (unpaired) electrons. The minimum Gasteiger partial charge on any atom is -0.481 e. The van der Waals surface area contributed by atoms with Gasteiger partial charge in [-0.3, -0.25) is 0 Å². The predicted molar refractivity (Wildman–Crippen MR) is 57.4 cm³/mol. The van der Waals surface area contributed by atoms with Gasteiger partial charge in [0.05, 0.1) is 13.2 Å². The molecule has 14 heavy (non-hydrogen) atoms. The Hall–Kier alpha value is -0.650. The van der Waals surface area contributed by atoms with E-state index in [0.717, 1.165) is 10.0 Å². The summed E-state index contributed by atoms with van der Waals surface area (Å²) in [5.74, 6) is 0.498. The van der Waals surface area contributed by atoms with Crippen LogP contribution in [0.1, 0.15) is 11.7 Å². The van der Waals surface area contributed by atoms with Crippen molar-refractivity contribution in [3.05, 3.63) is 22.3 Å². The standard InChI is InChI=1S/C9H13BrN2O2/c1-11-5-8(13)6-3-9(14-2)12-4-7(6)10/h3-4,8,11,13H,5H2,1-2H3. The van der Waals surface area contributed by atoms with Gasteiger partial charge in [0.2, 0.25) is 5.88 Å². The Bertz CT molecular complexity index is 307. The highest BCUT2D eigenvalue weighted by Gasteiger charge is 2.11. The molecule has 0 aliphatic carbocycles. The number of halogens is 1. The van der Waals surface area contributed by atoms with E-state index in [9.17, 15) is 5.11 Å². The molecular weight excluding hydrogens is 248 g/mol. The molecule has 0 aliphatic rings. The third-order valence-corrected chi connectivity index (χ3v) is 2.49. The molecule has 0 aliphatic heterocycles. The van der Waals surface area contributed by atoms with Crippen LogP contribution in [0.15, 0.2) is 16.7 Å². The minimum absolute atomic E-state index is 0.492. The lowest BCUT2D eigenvalue weighted by Gasteiger charge is -2.12. The zero-order valence-electron chi connectivity index (χ0n) is 8.12. The predicted octanol–water partition coefficient (Wildman–Crippen LogP) is 1.11. The van der Waals surface area contributed by atoms with Crippen LogP contribution < -0.4 is 10.1 Å². The molecule has 5 heteroatoms. The molecule has 78 valence electrons. The number of nitrogens with zero attached hydrogens (tertiary/aromatic N) is 1. The van der Waals surface area contributed by atoms with Crippen LogP contribution in [-0.4, -0.2) is 30.8 Å². The molecule has 0 aromatic carbocycles. The first-order chi connectivity index (χ1) is 6.69. The first-order valence-corrected chi connectivity index (χ1v) is 5.00. The summed E-state index contributed by atoms with van der Waals surface area (Å²) in [6, 6.07) is 1.71. The quantitative estimate of drug-likeness (QED) is 0.852. The van der Waals surface area contributed by atoms with Crippen molar-refractivity contribution in [3.63, 3.8) is 0 Å². The smallest absolute Gasteiger partial charge is 0.213 e. The largest absolute Gasteiger partial charge is 0.481 e. The number of likely N-dealkylation sites (N-methyl/N-ethyl adjacent to an activating group) is 1. The summed E-state index contributed by atoms with van der Waals surface area (Å²) in [5.41, 5.74) is 0.770. The Labute approximate surface area is 91.4 Å². The van der Waals surface area contributed by atoms with Crippen molar-refractivity contribution < 1.29 is 9.84 Å². The van der Waals surface area contributed by atoms with Crippen LogP contribution in [-0.2, 0) is 0 Å². The monoisotopic (exact) mass is 260 g/mol. The average molecular weight is 261 g/mol. The van der Waals surface area contributed by atoms with Crippen LogP contribution >= 0.6 is 15.9 Å². The SMILES string of the molecule is CNCC(O)c1cc(OC)ncc1Br. The molecule has 0 amide bonds. The third-order valence-electron chi connectivity index (χ3n) is 1.83. The van der Waals surface area contributed by atoms with Crippen LogP contribution in [0.5, 0.6) is 5.88 Å². The Balaban J connectivity index is 2.93. The van der Waals surface area contributed by atoms with Crippen molar-refractivity contribution >= 4 is 15.9 Å². The number of aliphatic hydroxyl groups excluding tert-OH is 1. The van der Waals surface area contributed by atoms with Crippen molar-refractivity contribution in [2.24, 2.45) is 0 Å². The number of nitrogens with one attached hydrogen (secondary N) is 1. The number of hydrogen-bond acceptors (Lipinski definition) is 4. The normalized spacial score (nSPS) is 12.6. The van der Waals surface area contributed by atoms with E-state index in [2.05, 4.69) is 26.2 Å². The second kappa shape index (κ2) is 5.29. The van der Waals surface area contributed by atoms with Crippen molar-refractivity contribution in [2.75, 3.05) is 20.7 Å². The van der Waals surface area contributed by atoms with Gasteiger partial charge in [0.25, 0.3) is 0 Å². The van der Waals surface area contributed by atoms with Gasteiger partial charge in [-0.25, -0.2) is 4.98 Å². The molecule has 4 nitrogen and oxygen atoms in total. The van der Waals surface area contributed by atoms with Gasteiger partial charge in [-0.2, -0.15) is 0 Å². The Morgan fingerprint density at radius 3 is 3.00 bits per heavy atom. The highest BCUT2D eigenvalue weighted by atomic mass is 79.9. The fraction of sp³-hybridized carbons (Fsp3) is 0.444. The molecule has 1 aromatic rings. The van der Waals surface area contributed by atoms with E-state index in [0.29, 0.717) is 12.4 Å². The molecule has 0 fully saturated rings. The molecule has 0 saturated carbocycles. The maximum absolute atomic E-state index is 9.75. The summed E-state index contributed by atoms with van der Waals surface area (Å²) >= 11 is 3.32. The van der Waals surface area contributed by atoms with E-state index in [1.807, 2.05) is 0 Å². The maximum Gasteiger partial charge on any atom is 0.213 e. The summed E-state index contributed by atoms with van der Waals surface area (Å²) in [7, 11) is 3.33. The first kappa shape index (κ1) is 11.4. The first-order valence-electron chi connectivity index (χ1n) is 4.21. The number of pyridine rings is 1. The molecule has 1 atom stereocenters. The van der Waals surface area contributed by atoms with Crippen LogP contribution in [0, 0.1) is 0 Å². The Morgan fingerprint density at radius 2 is 2.43 bits per heavy atom. The van der Waals surface area contributed by atoms with E-state index in [-0.39, 0.29) is 0 Å². The van der Waals surface area contributed by atoms with Gasteiger partial charge in [0.1, 0.15) is 0 Å². The lowest BCUT2D eigenvalue weighted by molar-refractivity contribution is 0.176. The lowest BCUT2D eigenvalue weighted by Crippen LogP contribution is -2.17. The van der Waals surface area contributed by atoms with Crippen molar-refractivity contribution in [2.45, 2.75) is 6.10 Å². The Morgan fingerprint density at radius 1 is 1.71 bits per heavy atom. The van der Waals surface area contributed by atoms with E-state index < -0.39 is 6.10 Å². The topological polar surface area (TPSA) is 54.4 Å². The van der Waals surface area contributed by atoms with Crippen LogP contribution in [0.3, 0.4) is 0 Å². The van der Waals surface area contributed by atoms with E-state index >= 15 is 0 Å². The van der Waals surface area contributed by atoms with Crippen molar-refractivity contribution in [1.29, 1.82) is 0 Å². The molecule has 1 unspecified atom stereocenters. The maximum atomic E-state index is 9.75. The van der Waals surface area contributed by atoms with Gasteiger partial charge in [0, 0.05) is 28.8 Å². The summed E-state index contributed by atoms with van der Waals surface area (Å²) in [6.07, 6.45) is 1.05. The van der Waals surface area contributed by atoms with Gasteiger partial charge in [0.15, 0.2) is 0 Å². The van der Waals surface area contributed by atoms with E-state index in [1.165, 1.54) is 0 Å². The molecule has 1 heterocycles. The van der Waals surface area contributed by atoms with Crippen molar-refractivity contribution in [3.8, 4) is 5.88 Å². The van der Waals surface area contributed by atoms with Gasteiger partial charge >= 0.3 is 0 Å². The number of ether oxygens (including phenoxy) is 1. The summed E-state index contributed by atoms with van der Waals surface area (Å²) in [5, 5.41) is 12.6. The molecule has 0 bridgehead atoms. The fourth-order valence-corrected chi connectivity index (χ4v) is 1.59. The number of rotatable bonds is 4. The van der Waals surface area contributed by atoms with Crippen LogP contribution in [0.4, 0.5) is 0 Å². The molecule has 1 aromatic heterocycles. The summed E-state index contributed by atoms with van der Waals surface area (Å²) in [4.78, 5) is 4.00. The van der Waals surface area contributed by atoms with Crippen LogP contribution in [0.25, 0.3) is 0 Å².